The van der Waals surface area contributed by atoms with Crippen molar-refractivity contribution in [1.29, 1.82) is 0 Å². The van der Waals surface area contributed by atoms with Crippen molar-refractivity contribution in [2.75, 3.05) is 11.4 Å². The van der Waals surface area contributed by atoms with Gasteiger partial charge in [-0.25, -0.2) is 9.97 Å². The van der Waals surface area contributed by atoms with Gasteiger partial charge in [0, 0.05) is 28.7 Å². The highest BCUT2D eigenvalue weighted by atomic mass is 79.9. The van der Waals surface area contributed by atoms with Gasteiger partial charge in [0.15, 0.2) is 0 Å². The highest BCUT2D eigenvalue weighted by Crippen LogP contribution is 2.15. The van der Waals surface area contributed by atoms with Crippen molar-refractivity contribution in [2.24, 2.45) is 0 Å². The van der Waals surface area contributed by atoms with Gasteiger partial charge in [-0.3, -0.25) is 9.69 Å². The average molecular weight is 338 g/mol. The summed E-state index contributed by atoms with van der Waals surface area (Å²) in [4.78, 5) is 22.0. The first kappa shape index (κ1) is 13.9. The molecule has 4 nitrogen and oxygen atoms in total. The molecule has 0 atom stereocenters. The fraction of sp³-hybridized carbons (Fsp3) is 0.154. The zero-order valence-corrected chi connectivity index (χ0v) is 12.7. The second-order valence-electron chi connectivity index (χ2n) is 3.66. The zero-order valence-electron chi connectivity index (χ0n) is 10.3. The molecule has 6 heteroatoms. The van der Waals surface area contributed by atoms with Crippen molar-refractivity contribution in [1.82, 2.24) is 9.97 Å². The topological polar surface area (TPSA) is 46.1 Å². The number of anilines is 1. The number of carbonyl (C=O) groups excluding carboxylic acids is 1. The van der Waals surface area contributed by atoms with Gasteiger partial charge >= 0.3 is 0 Å². The van der Waals surface area contributed by atoms with Crippen molar-refractivity contribution in [2.45, 2.75) is 6.92 Å². The van der Waals surface area contributed by atoms with Crippen LogP contribution < -0.4 is 4.90 Å². The fourth-order valence-electron chi connectivity index (χ4n) is 1.51. The normalized spacial score (nSPS) is 10.8. The third-order valence-corrected chi connectivity index (χ3v) is 3.49. The molecule has 0 unspecified atom stereocenters. The third kappa shape index (κ3) is 3.71. The van der Waals surface area contributed by atoms with Gasteiger partial charge in [0.25, 0.3) is 5.91 Å². The van der Waals surface area contributed by atoms with Crippen molar-refractivity contribution in [3.8, 4) is 0 Å². The van der Waals surface area contributed by atoms with E-state index in [0.717, 1.165) is 10.2 Å². The van der Waals surface area contributed by atoms with Crippen LogP contribution >= 0.6 is 27.3 Å². The number of pyridine rings is 1. The molecule has 19 heavy (non-hydrogen) atoms. The molecule has 1 amide bonds. The van der Waals surface area contributed by atoms with Gasteiger partial charge in [-0.05, 0) is 41.1 Å². The SMILES string of the molecule is CCN(C(=O)/C=C/c1cscn1)c1ccc(Br)cn1. The second-order valence-corrected chi connectivity index (χ2v) is 5.30. The molecule has 2 aromatic rings. The van der Waals surface area contributed by atoms with Crippen LogP contribution in [-0.4, -0.2) is 22.4 Å². The molecule has 0 fully saturated rings. The second kappa shape index (κ2) is 6.58. The molecule has 0 radical (unpaired) electrons. The number of hydrogen-bond acceptors (Lipinski definition) is 4. The van der Waals surface area contributed by atoms with E-state index in [1.54, 1.807) is 22.7 Å². The maximum Gasteiger partial charge on any atom is 0.252 e. The molecule has 0 saturated carbocycles. The first-order chi connectivity index (χ1) is 9.20. The summed E-state index contributed by atoms with van der Waals surface area (Å²) in [6, 6.07) is 3.67. The summed E-state index contributed by atoms with van der Waals surface area (Å²) in [5, 5.41) is 1.89. The Kier molecular flexibility index (Phi) is 4.81. The number of carbonyl (C=O) groups is 1. The van der Waals surface area contributed by atoms with Crippen LogP contribution in [0.4, 0.5) is 5.82 Å². The lowest BCUT2D eigenvalue weighted by molar-refractivity contribution is -0.114. The highest BCUT2D eigenvalue weighted by Gasteiger charge is 2.11. The molecule has 0 spiro atoms. The number of aromatic nitrogens is 2. The summed E-state index contributed by atoms with van der Waals surface area (Å²) >= 11 is 4.82. The lowest BCUT2D eigenvalue weighted by Crippen LogP contribution is -2.29. The minimum atomic E-state index is -0.106. The summed E-state index contributed by atoms with van der Waals surface area (Å²) in [5.74, 6) is 0.531. The molecule has 0 aromatic carbocycles. The number of hydrogen-bond donors (Lipinski definition) is 0. The molecule has 0 aliphatic heterocycles. The van der Waals surface area contributed by atoms with E-state index >= 15 is 0 Å². The van der Waals surface area contributed by atoms with Crippen LogP contribution in [0.25, 0.3) is 6.08 Å². The summed E-state index contributed by atoms with van der Waals surface area (Å²) in [6.45, 7) is 2.48. The minimum Gasteiger partial charge on any atom is -0.294 e. The van der Waals surface area contributed by atoms with E-state index in [9.17, 15) is 4.79 Å². The molecule has 2 aromatic heterocycles. The van der Waals surface area contributed by atoms with E-state index in [1.807, 2.05) is 24.4 Å². The first-order valence-corrected chi connectivity index (χ1v) is 7.43. The Hall–Kier alpha value is -1.53. The van der Waals surface area contributed by atoms with Crippen LogP contribution in [0.5, 0.6) is 0 Å². The molecule has 0 aliphatic carbocycles. The van der Waals surface area contributed by atoms with Gasteiger partial charge in [-0.15, -0.1) is 11.3 Å². The van der Waals surface area contributed by atoms with Crippen molar-refractivity contribution in [3.63, 3.8) is 0 Å². The van der Waals surface area contributed by atoms with E-state index in [0.29, 0.717) is 12.4 Å². The van der Waals surface area contributed by atoms with E-state index in [4.69, 9.17) is 0 Å². The van der Waals surface area contributed by atoms with Gasteiger partial charge in [0.05, 0.1) is 11.2 Å². The molecule has 0 N–H and O–H groups in total. The first-order valence-electron chi connectivity index (χ1n) is 5.70. The lowest BCUT2D eigenvalue weighted by Gasteiger charge is -2.17. The Morgan fingerprint density at radius 2 is 2.32 bits per heavy atom. The quantitative estimate of drug-likeness (QED) is 0.803. The van der Waals surface area contributed by atoms with Crippen molar-refractivity contribution < 1.29 is 4.79 Å². The average Bonchev–Trinajstić information content (AvgIpc) is 2.92. The monoisotopic (exact) mass is 337 g/mol. The van der Waals surface area contributed by atoms with Crippen LogP contribution in [0.1, 0.15) is 12.6 Å². The number of halogens is 1. The molecular formula is C13H12BrN3OS. The van der Waals surface area contributed by atoms with E-state index in [2.05, 4.69) is 25.9 Å². The minimum absolute atomic E-state index is 0.106. The number of rotatable bonds is 4. The molecule has 2 rings (SSSR count). The van der Waals surface area contributed by atoms with Gasteiger partial charge < -0.3 is 0 Å². The van der Waals surface area contributed by atoms with Crippen molar-refractivity contribution >= 4 is 45.1 Å². The summed E-state index contributed by atoms with van der Waals surface area (Å²) in [6.07, 6.45) is 4.90. The highest BCUT2D eigenvalue weighted by molar-refractivity contribution is 9.10. The van der Waals surface area contributed by atoms with Crippen molar-refractivity contribution in [3.05, 3.63) is 45.5 Å². The van der Waals surface area contributed by atoms with Gasteiger partial charge in [-0.2, -0.15) is 0 Å². The predicted octanol–water partition coefficient (Wildman–Crippen LogP) is 3.37. The standard InChI is InChI=1S/C13H12BrN3OS/c1-2-17(12-5-3-10(14)7-15-12)13(18)6-4-11-8-19-9-16-11/h3-9H,2H2,1H3/b6-4+. The maximum absolute atomic E-state index is 12.1. The lowest BCUT2D eigenvalue weighted by atomic mass is 10.3. The Bertz CT molecular complexity index is 566. The van der Waals surface area contributed by atoms with E-state index in [-0.39, 0.29) is 5.91 Å². The van der Waals surface area contributed by atoms with E-state index < -0.39 is 0 Å². The molecule has 0 saturated heterocycles. The van der Waals surface area contributed by atoms with Crippen LogP contribution in [-0.2, 0) is 4.79 Å². The Morgan fingerprint density at radius 1 is 1.47 bits per heavy atom. The number of nitrogens with zero attached hydrogens (tertiary/aromatic N) is 3. The van der Waals surface area contributed by atoms with Gasteiger partial charge in [0.1, 0.15) is 5.82 Å². The third-order valence-electron chi connectivity index (χ3n) is 2.42. The zero-order chi connectivity index (χ0) is 13.7. The largest absolute Gasteiger partial charge is 0.294 e. The van der Waals surface area contributed by atoms with Crippen LogP contribution in [0, 0.1) is 0 Å². The van der Waals surface area contributed by atoms with Crippen LogP contribution in [0.15, 0.2) is 39.8 Å². The molecule has 98 valence electrons. The Morgan fingerprint density at radius 3 is 2.89 bits per heavy atom. The Labute approximate surface area is 123 Å². The Balaban J connectivity index is 2.13. The van der Waals surface area contributed by atoms with Gasteiger partial charge in [0.2, 0.25) is 0 Å². The van der Waals surface area contributed by atoms with Gasteiger partial charge in [-0.1, -0.05) is 0 Å². The molecule has 2 heterocycles. The van der Waals surface area contributed by atoms with Crippen LogP contribution in [0.2, 0.25) is 0 Å². The maximum atomic E-state index is 12.1. The van der Waals surface area contributed by atoms with E-state index in [1.165, 1.54) is 17.4 Å². The molecular weight excluding hydrogens is 326 g/mol. The number of likely N-dealkylation sites (N-methyl/N-ethyl adjacent to an activating group) is 1. The number of thiazole rings is 1. The fourth-order valence-corrected chi connectivity index (χ4v) is 2.27. The summed E-state index contributed by atoms with van der Waals surface area (Å²) < 4.78 is 0.887. The van der Waals surface area contributed by atoms with Crippen LogP contribution in [0.3, 0.4) is 0 Å². The molecule has 0 aliphatic rings. The smallest absolute Gasteiger partial charge is 0.252 e. The summed E-state index contributed by atoms with van der Waals surface area (Å²) in [7, 11) is 0. The predicted molar refractivity (Wildman–Crippen MR) is 81.1 cm³/mol. The summed E-state index contributed by atoms with van der Waals surface area (Å²) in [5.41, 5.74) is 2.52. The number of amides is 1. The molecule has 0 bridgehead atoms.